The summed E-state index contributed by atoms with van der Waals surface area (Å²) in [7, 11) is 0. The first-order chi connectivity index (χ1) is 9.86. The van der Waals surface area contributed by atoms with Crippen LogP contribution in [0.3, 0.4) is 0 Å². The molecule has 20 heavy (non-hydrogen) atoms. The maximum Gasteiger partial charge on any atom is 0.222 e. The highest BCUT2D eigenvalue weighted by Crippen LogP contribution is 2.13. The summed E-state index contributed by atoms with van der Waals surface area (Å²) in [4.78, 5) is 14.0. The van der Waals surface area contributed by atoms with Gasteiger partial charge in [-0.25, -0.2) is 0 Å². The largest absolute Gasteiger partial charge is 0.343 e. The van der Waals surface area contributed by atoms with E-state index in [0.29, 0.717) is 5.91 Å². The lowest BCUT2D eigenvalue weighted by Gasteiger charge is -2.26. The smallest absolute Gasteiger partial charge is 0.222 e. The van der Waals surface area contributed by atoms with Gasteiger partial charge in [0, 0.05) is 19.5 Å². The van der Waals surface area contributed by atoms with Crippen LogP contribution in [0.25, 0.3) is 0 Å². The van der Waals surface area contributed by atoms with Crippen LogP contribution in [-0.4, -0.2) is 23.9 Å². The van der Waals surface area contributed by atoms with Crippen molar-refractivity contribution in [2.45, 2.75) is 57.8 Å². The minimum Gasteiger partial charge on any atom is -0.343 e. The number of nitrogens with zero attached hydrogens (tertiary/aromatic N) is 1. The molecule has 1 fully saturated rings. The number of amides is 1. The number of carbonyl (C=O) groups is 1. The molecule has 1 aliphatic heterocycles. The van der Waals surface area contributed by atoms with Crippen LogP contribution in [0.15, 0.2) is 30.3 Å². The van der Waals surface area contributed by atoms with Gasteiger partial charge >= 0.3 is 0 Å². The van der Waals surface area contributed by atoms with E-state index in [1.165, 1.54) is 50.5 Å². The Bertz CT molecular complexity index is 382. The number of carbonyl (C=O) groups excluding carboxylic acids is 1. The second-order valence-corrected chi connectivity index (χ2v) is 5.84. The molecule has 0 bridgehead atoms. The summed E-state index contributed by atoms with van der Waals surface area (Å²) >= 11 is 0. The Morgan fingerprint density at radius 1 is 0.900 bits per heavy atom. The van der Waals surface area contributed by atoms with E-state index in [4.69, 9.17) is 0 Å². The van der Waals surface area contributed by atoms with Crippen LogP contribution in [0.5, 0.6) is 0 Å². The molecule has 0 saturated carbocycles. The molecule has 0 aliphatic carbocycles. The van der Waals surface area contributed by atoms with Gasteiger partial charge < -0.3 is 4.90 Å². The van der Waals surface area contributed by atoms with Gasteiger partial charge in [-0.1, -0.05) is 43.2 Å². The molecule has 1 amide bonds. The van der Waals surface area contributed by atoms with Gasteiger partial charge in [0.05, 0.1) is 0 Å². The molecule has 1 aromatic carbocycles. The lowest BCUT2D eigenvalue weighted by Crippen LogP contribution is -2.35. The van der Waals surface area contributed by atoms with Crippen molar-refractivity contribution in [2.24, 2.45) is 0 Å². The van der Waals surface area contributed by atoms with Crippen molar-refractivity contribution in [3.63, 3.8) is 0 Å². The molecule has 0 aromatic heterocycles. The van der Waals surface area contributed by atoms with Gasteiger partial charge in [-0.15, -0.1) is 0 Å². The average molecular weight is 273 g/mol. The molecular formula is C18H27NO. The predicted octanol–water partition coefficient (Wildman–Crippen LogP) is 4.19. The molecule has 1 aromatic rings. The summed E-state index contributed by atoms with van der Waals surface area (Å²) in [6.45, 7) is 1.99. The molecule has 0 unspecified atom stereocenters. The summed E-state index contributed by atoms with van der Waals surface area (Å²) in [5.74, 6) is 0.382. The fourth-order valence-electron chi connectivity index (χ4n) is 2.91. The fourth-order valence-corrected chi connectivity index (χ4v) is 2.91. The number of hydrogen-bond acceptors (Lipinski definition) is 1. The number of benzene rings is 1. The highest BCUT2D eigenvalue weighted by atomic mass is 16.2. The van der Waals surface area contributed by atoms with E-state index >= 15 is 0 Å². The first-order valence-electron chi connectivity index (χ1n) is 8.18. The molecule has 110 valence electrons. The Balaban J connectivity index is 1.50. The lowest BCUT2D eigenvalue weighted by atomic mass is 10.0. The van der Waals surface area contributed by atoms with Gasteiger partial charge in [-0.3, -0.25) is 4.79 Å². The zero-order valence-corrected chi connectivity index (χ0v) is 12.5. The van der Waals surface area contributed by atoms with Gasteiger partial charge in [0.25, 0.3) is 0 Å². The summed E-state index contributed by atoms with van der Waals surface area (Å²) in [6.07, 6.45) is 10.3. The minimum atomic E-state index is 0.382. The average Bonchev–Trinajstić information content (AvgIpc) is 2.52. The van der Waals surface area contributed by atoms with Gasteiger partial charge in [0.2, 0.25) is 5.91 Å². The number of likely N-dealkylation sites (tertiary alicyclic amines) is 1. The standard InChI is InChI=1S/C18H27NO/c20-18(19-15-9-4-10-16-19)14-8-2-1-5-11-17-12-6-3-7-13-17/h3,6-7,12-13H,1-2,4-5,8-11,14-16H2. The second-order valence-electron chi connectivity index (χ2n) is 5.84. The van der Waals surface area contributed by atoms with Crippen LogP contribution >= 0.6 is 0 Å². The highest BCUT2D eigenvalue weighted by Gasteiger charge is 2.15. The Kier molecular flexibility index (Phi) is 6.62. The van der Waals surface area contributed by atoms with E-state index in [1.807, 2.05) is 0 Å². The molecule has 1 aliphatic rings. The maximum absolute atomic E-state index is 12.0. The predicted molar refractivity (Wildman–Crippen MR) is 83.7 cm³/mol. The molecule has 0 N–H and O–H groups in total. The molecule has 2 heteroatoms. The Hall–Kier alpha value is -1.31. The second kappa shape index (κ2) is 8.78. The molecule has 0 spiro atoms. The van der Waals surface area contributed by atoms with E-state index in [0.717, 1.165) is 25.9 Å². The van der Waals surface area contributed by atoms with Gasteiger partial charge in [0.1, 0.15) is 0 Å². The Labute approximate surface area is 123 Å². The van der Waals surface area contributed by atoms with Crippen LogP contribution in [0.1, 0.15) is 56.9 Å². The fraction of sp³-hybridized carbons (Fsp3) is 0.611. The molecule has 2 rings (SSSR count). The zero-order chi connectivity index (χ0) is 14.0. The number of hydrogen-bond donors (Lipinski definition) is 0. The van der Waals surface area contributed by atoms with Crippen molar-refractivity contribution in [1.82, 2.24) is 4.90 Å². The van der Waals surface area contributed by atoms with Crippen molar-refractivity contribution in [2.75, 3.05) is 13.1 Å². The van der Waals surface area contributed by atoms with Crippen LogP contribution in [0.2, 0.25) is 0 Å². The van der Waals surface area contributed by atoms with Gasteiger partial charge in [0.15, 0.2) is 0 Å². The van der Waals surface area contributed by atoms with E-state index in [1.54, 1.807) is 0 Å². The monoisotopic (exact) mass is 273 g/mol. The third-order valence-electron chi connectivity index (χ3n) is 4.16. The summed E-state index contributed by atoms with van der Waals surface area (Å²) in [5.41, 5.74) is 1.43. The van der Waals surface area contributed by atoms with E-state index < -0.39 is 0 Å². The topological polar surface area (TPSA) is 20.3 Å². The van der Waals surface area contributed by atoms with Gasteiger partial charge in [-0.05, 0) is 44.1 Å². The number of unbranched alkanes of at least 4 members (excludes halogenated alkanes) is 3. The third-order valence-corrected chi connectivity index (χ3v) is 4.16. The van der Waals surface area contributed by atoms with Crippen LogP contribution in [0, 0.1) is 0 Å². The van der Waals surface area contributed by atoms with Crippen LogP contribution in [0.4, 0.5) is 0 Å². The SMILES string of the molecule is O=C(CCCCCCc1ccccc1)N1CCCCC1. The number of rotatable bonds is 7. The molecule has 0 radical (unpaired) electrons. The Morgan fingerprint density at radius 3 is 2.35 bits per heavy atom. The van der Waals surface area contributed by atoms with Crippen molar-refractivity contribution in [3.05, 3.63) is 35.9 Å². The number of aryl methyl sites for hydroxylation is 1. The van der Waals surface area contributed by atoms with Crippen LogP contribution in [-0.2, 0) is 11.2 Å². The third kappa shape index (κ3) is 5.36. The van der Waals surface area contributed by atoms with Gasteiger partial charge in [-0.2, -0.15) is 0 Å². The van der Waals surface area contributed by atoms with Crippen LogP contribution < -0.4 is 0 Å². The summed E-state index contributed by atoms with van der Waals surface area (Å²) in [6, 6.07) is 10.7. The summed E-state index contributed by atoms with van der Waals surface area (Å²) in [5, 5.41) is 0. The van der Waals surface area contributed by atoms with E-state index in [-0.39, 0.29) is 0 Å². The number of piperidine rings is 1. The highest BCUT2D eigenvalue weighted by molar-refractivity contribution is 5.76. The quantitative estimate of drug-likeness (QED) is 0.682. The van der Waals surface area contributed by atoms with E-state index in [2.05, 4.69) is 35.2 Å². The minimum absolute atomic E-state index is 0.382. The summed E-state index contributed by atoms with van der Waals surface area (Å²) < 4.78 is 0. The van der Waals surface area contributed by atoms with Crippen molar-refractivity contribution in [3.8, 4) is 0 Å². The van der Waals surface area contributed by atoms with Crippen molar-refractivity contribution in [1.29, 1.82) is 0 Å². The maximum atomic E-state index is 12.0. The zero-order valence-electron chi connectivity index (χ0n) is 12.5. The Morgan fingerprint density at radius 2 is 1.60 bits per heavy atom. The normalized spacial score (nSPS) is 15.3. The van der Waals surface area contributed by atoms with Crippen molar-refractivity contribution < 1.29 is 4.79 Å². The van der Waals surface area contributed by atoms with Crippen molar-refractivity contribution >= 4 is 5.91 Å². The first-order valence-corrected chi connectivity index (χ1v) is 8.18. The lowest BCUT2D eigenvalue weighted by molar-refractivity contribution is -0.132. The molecule has 0 atom stereocenters. The first kappa shape index (κ1) is 15.1. The molecule has 1 heterocycles. The molecular weight excluding hydrogens is 246 g/mol. The van der Waals surface area contributed by atoms with E-state index in [9.17, 15) is 4.79 Å². The molecule has 2 nitrogen and oxygen atoms in total. The molecule has 1 saturated heterocycles.